The van der Waals surface area contributed by atoms with Crippen molar-refractivity contribution in [1.82, 2.24) is 4.90 Å². The summed E-state index contributed by atoms with van der Waals surface area (Å²) in [5, 5.41) is 2.06. The zero-order chi connectivity index (χ0) is 14.5. The third kappa shape index (κ3) is 4.45. The summed E-state index contributed by atoms with van der Waals surface area (Å²) in [4.78, 5) is 16.7. The second kappa shape index (κ2) is 7.41. The Labute approximate surface area is 136 Å². The molecule has 0 spiro atoms. The fourth-order valence-electron chi connectivity index (χ4n) is 1.87. The number of benzene rings is 1. The molecule has 0 unspecified atom stereocenters. The Balaban J connectivity index is 1.92. The Kier molecular flexibility index (Phi) is 5.84. The predicted octanol–water partition coefficient (Wildman–Crippen LogP) is 4.55. The molecule has 0 aliphatic carbocycles. The summed E-state index contributed by atoms with van der Waals surface area (Å²) in [7, 11) is 1.97. The van der Waals surface area contributed by atoms with E-state index in [1.165, 1.54) is 9.77 Å². The first-order valence-corrected chi connectivity index (χ1v) is 9.07. The van der Waals surface area contributed by atoms with Crippen LogP contribution in [0.4, 0.5) is 0 Å². The Morgan fingerprint density at radius 1 is 1.35 bits per heavy atom. The van der Waals surface area contributed by atoms with Crippen LogP contribution >= 0.6 is 39.0 Å². The van der Waals surface area contributed by atoms with E-state index in [2.05, 4.69) is 27.4 Å². The molecule has 0 radical (unpaired) electrons. The number of ketones is 1. The van der Waals surface area contributed by atoms with E-state index in [0.717, 1.165) is 16.6 Å². The van der Waals surface area contributed by atoms with Crippen LogP contribution in [-0.4, -0.2) is 30.5 Å². The van der Waals surface area contributed by atoms with Crippen molar-refractivity contribution < 1.29 is 4.79 Å². The van der Waals surface area contributed by atoms with Gasteiger partial charge in [-0.15, -0.1) is 23.1 Å². The van der Waals surface area contributed by atoms with Gasteiger partial charge in [0.25, 0.3) is 0 Å². The lowest BCUT2D eigenvalue weighted by Gasteiger charge is -2.14. The highest BCUT2D eigenvalue weighted by Gasteiger charge is 2.10. The summed E-state index contributed by atoms with van der Waals surface area (Å²) in [5.74, 6) is 0.163. The van der Waals surface area contributed by atoms with E-state index in [1.54, 1.807) is 23.1 Å². The number of halogens is 1. The molecule has 1 heterocycles. The number of carbonyl (C=O) groups is 1. The topological polar surface area (TPSA) is 20.3 Å². The van der Waals surface area contributed by atoms with Gasteiger partial charge in [-0.05, 0) is 47.4 Å². The number of Topliss-reactive ketones (excluding diaryl/α,β-unsaturated/α-hetero) is 1. The number of rotatable bonds is 6. The molecule has 106 valence electrons. The van der Waals surface area contributed by atoms with Gasteiger partial charge in [-0.3, -0.25) is 9.69 Å². The normalized spacial score (nSPS) is 11.0. The molecule has 0 N–H and O–H groups in total. The molecule has 0 fully saturated rings. The molecule has 0 aliphatic rings. The van der Waals surface area contributed by atoms with Crippen LogP contribution in [0.1, 0.15) is 15.2 Å². The van der Waals surface area contributed by atoms with Gasteiger partial charge in [0.05, 0.1) is 6.54 Å². The minimum absolute atomic E-state index is 0.163. The molecule has 1 aromatic carbocycles. The van der Waals surface area contributed by atoms with Gasteiger partial charge in [0.2, 0.25) is 0 Å². The number of hydrogen-bond acceptors (Lipinski definition) is 4. The molecule has 2 nitrogen and oxygen atoms in total. The maximum Gasteiger partial charge on any atom is 0.176 e. The van der Waals surface area contributed by atoms with Crippen molar-refractivity contribution in [3.8, 4) is 0 Å². The first-order valence-electron chi connectivity index (χ1n) is 6.17. The molecule has 1 aromatic heterocycles. The Bertz CT molecular complexity index is 580. The fraction of sp³-hybridized carbons (Fsp3) is 0.267. The standard InChI is InChI=1S/C15H16BrNOS2/c1-17(8-14-7-12(16)10-20-14)9-15(18)11-3-5-13(19-2)6-4-11/h3-7,10H,8-9H2,1-2H3. The smallest absolute Gasteiger partial charge is 0.176 e. The van der Waals surface area contributed by atoms with E-state index in [0.29, 0.717) is 6.54 Å². The van der Waals surface area contributed by atoms with Crippen LogP contribution in [0.5, 0.6) is 0 Å². The second-order valence-electron chi connectivity index (χ2n) is 4.56. The molecular formula is C15H16BrNOS2. The molecule has 0 bridgehead atoms. The summed E-state index contributed by atoms with van der Waals surface area (Å²) in [6.45, 7) is 1.24. The molecule has 0 saturated carbocycles. The van der Waals surface area contributed by atoms with Gasteiger partial charge < -0.3 is 0 Å². The molecule has 0 atom stereocenters. The third-order valence-corrected chi connectivity index (χ3v) is 5.30. The highest BCUT2D eigenvalue weighted by Crippen LogP contribution is 2.21. The van der Waals surface area contributed by atoms with Crippen LogP contribution in [0.3, 0.4) is 0 Å². The summed E-state index contributed by atoms with van der Waals surface area (Å²) in [5.41, 5.74) is 0.780. The van der Waals surface area contributed by atoms with Crippen LogP contribution in [0, 0.1) is 0 Å². The van der Waals surface area contributed by atoms with Crippen molar-refractivity contribution in [2.45, 2.75) is 11.4 Å². The largest absolute Gasteiger partial charge is 0.294 e. The lowest BCUT2D eigenvalue weighted by molar-refractivity contribution is 0.0943. The Morgan fingerprint density at radius 3 is 2.60 bits per heavy atom. The van der Waals surface area contributed by atoms with Crippen molar-refractivity contribution >= 4 is 44.8 Å². The minimum Gasteiger partial charge on any atom is -0.294 e. The minimum atomic E-state index is 0.163. The number of nitrogens with zero attached hydrogens (tertiary/aromatic N) is 1. The van der Waals surface area contributed by atoms with Crippen molar-refractivity contribution in [2.75, 3.05) is 19.8 Å². The SMILES string of the molecule is CSc1ccc(C(=O)CN(C)Cc2cc(Br)cs2)cc1. The highest BCUT2D eigenvalue weighted by molar-refractivity contribution is 9.10. The lowest BCUT2D eigenvalue weighted by Crippen LogP contribution is -2.25. The van der Waals surface area contributed by atoms with Gasteiger partial charge in [0, 0.05) is 31.7 Å². The number of likely N-dealkylation sites (N-methyl/N-ethyl adjacent to an activating group) is 1. The van der Waals surface area contributed by atoms with Crippen LogP contribution in [0.25, 0.3) is 0 Å². The number of thiophene rings is 1. The van der Waals surface area contributed by atoms with Crippen molar-refractivity contribution in [3.63, 3.8) is 0 Å². The number of carbonyl (C=O) groups excluding carboxylic acids is 1. The maximum absolute atomic E-state index is 12.2. The lowest BCUT2D eigenvalue weighted by atomic mass is 10.1. The molecule has 0 aliphatic heterocycles. The van der Waals surface area contributed by atoms with Gasteiger partial charge >= 0.3 is 0 Å². The van der Waals surface area contributed by atoms with Crippen LogP contribution < -0.4 is 0 Å². The number of hydrogen-bond donors (Lipinski definition) is 0. The zero-order valence-electron chi connectivity index (χ0n) is 11.4. The molecule has 5 heteroatoms. The van der Waals surface area contributed by atoms with E-state index in [1.807, 2.05) is 42.5 Å². The van der Waals surface area contributed by atoms with E-state index < -0.39 is 0 Å². The predicted molar refractivity (Wildman–Crippen MR) is 90.9 cm³/mol. The molecule has 2 aromatic rings. The monoisotopic (exact) mass is 369 g/mol. The van der Waals surface area contributed by atoms with Gasteiger partial charge in [-0.25, -0.2) is 0 Å². The van der Waals surface area contributed by atoms with Crippen LogP contribution in [0.15, 0.2) is 45.1 Å². The van der Waals surface area contributed by atoms with Gasteiger partial charge in [0.15, 0.2) is 5.78 Å². The molecule has 0 saturated heterocycles. The van der Waals surface area contributed by atoms with Gasteiger partial charge in [-0.2, -0.15) is 0 Å². The highest BCUT2D eigenvalue weighted by atomic mass is 79.9. The Morgan fingerprint density at radius 2 is 2.05 bits per heavy atom. The fourth-order valence-corrected chi connectivity index (χ4v) is 3.81. The second-order valence-corrected chi connectivity index (χ2v) is 7.35. The average molecular weight is 370 g/mol. The van der Waals surface area contributed by atoms with Crippen molar-refractivity contribution in [1.29, 1.82) is 0 Å². The van der Waals surface area contributed by atoms with E-state index in [-0.39, 0.29) is 5.78 Å². The Hall–Kier alpha value is -0.620. The van der Waals surface area contributed by atoms with Gasteiger partial charge in [0.1, 0.15) is 0 Å². The van der Waals surface area contributed by atoms with E-state index in [4.69, 9.17) is 0 Å². The third-order valence-electron chi connectivity index (χ3n) is 2.87. The first-order chi connectivity index (χ1) is 9.58. The summed E-state index contributed by atoms with van der Waals surface area (Å²) in [6.07, 6.45) is 2.03. The summed E-state index contributed by atoms with van der Waals surface area (Å²) < 4.78 is 1.10. The quantitative estimate of drug-likeness (QED) is 0.550. The molecular weight excluding hydrogens is 354 g/mol. The van der Waals surface area contributed by atoms with E-state index >= 15 is 0 Å². The van der Waals surface area contributed by atoms with Crippen molar-refractivity contribution in [2.24, 2.45) is 0 Å². The maximum atomic E-state index is 12.2. The first kappa shape index (κ1) is 15.8. The van der Waals surface area contributed by atoms with Crippen LogP contribution in [-0.2, 0) is 6.54 Å². The molecule has 2 rings (SSSR count). The van der Waals surface area contributed by atoms with E-state index in [9.17, 15) is 4.79 Å². The molecule has 0 amide bonds. The van der Waals surface area contributed by atoms with Crippen LogP contribution in [0.2, 0.25) is 0 Å². The molecule has 20 heavy (non-hydrogen) atoms. The van der Waals surface area contributed by atoms with Gasteiger partial charge in [-0.1, -0.05) is 12.1 Å². The van der Waals surface area contributed by atoms with Crippen molar-refractivity contribution in [3.05, 3.63) is 50.6 Å². The zero-order valence-corrected chi connectivity index (χ0v) is 14.6. The summed E-state index contributed by atoms with van der Waals surface area (Å²) in [6, 6.07) is 9.90. The average Bonchev–Trinajstić information content (AvgIpc) is 2.84. The summed E-state index contributed by atoms with van der Waals surface area (Å²) >= 11 is 6.83. The number of thioether (sulfide) groups is 1.